The number of rotatable bonds is 5. The van der Waals surface area contributed by atoms with Gasteiger partial charge in [-0.1, -0.05) is 11.6 Å². The fourth-order valence-electron chi connectivity index (χ4n) is 2.26. The molecule has 24 heavy (non-hydrogen) atoms. The van der Waals surface area contributed by atoms with Crippen LogP contribution in [-0.4, -0.2) is 34.0 Å². The van der Waals surface area contributed by atoms with Gasteiger partial charge in [0.15, 0.2) is 5.82 Å². The van der Waals surface area contributed by atoms with E-state index in [0.29, 0.717) is 27.6 Å². The molecule has 1 heterocycles. The predicted octanol–water partition coefficient (Wildman–Crippen LogP) is 3.27. The van der Waals surface area contributed by atoms with E-state index < -0.39 is 12.1 Å². The highest BCUT2D eigenvalue weighted by molar-refractivity contribution is 6.31. The van der Waals surface area contributed by atoms with Gasteiger partial charge in [0.25, 0.3) is 0 Å². The van der Waals surface area contributed by atoms with Gasteiger partial charge in [-0.15, -0.1) is 0 Å². The van der Waals surface area contributed by atoms with Gasteiger partial charge in [-0.25, -0.2) is 9.78 Å². The van der Waals surface area contributed by atoms with Crippen molar-refractivity contribution >= 4 is 28.6 Å². The highest BCUT2D eigenvalue weighted by atomic mass is 35.5. The number of aliphatic carboxylic acids is 1. The Bertz CT molecular complexity index is 889. The van der Waals surface area contributed by atoms with Crippen LogP contribution in [0.3, 0.4) is 0 Å². The van der Waals surface area contributed by atoms with Crippen LogP contribution in [-0.2, 0) is 4.79 Å². The number of ether oxygens (including phenoxy) is 1. The van der Waals surface area contributed by atoms with Crippen molar-refractivity contribution in [1.82, 2.24) is 9.71 Å². The summed E-state index contributed by atoms with van der Waals surface area (Å²) in [6, 6.07) is 12.4. The summed E-state index contributed by atoms with van der Waals surface area (Å²) in [4.78, 5) is 21.3. The van der Waals surface area contributed by atoms with Gasteiger partial charge in [0.2, 0.25) is 6.10 Å². The SMILES string of the molecule is COc1ccc(-c2nc3ccc(Cl)cc3n2OC(C)C(=O)O)cc1. The third-order valence-electron chi connectivity index (χ3n) is 3.53. The maximum absolute atomic E-state index is 11.2. The first-order chi connectivity index (χ1) is 11.5. The zero-order valence-corrected chi connectivity index (χ0v) is 13.8. The number of carboxylic acids is 1. The molecule has 0 saturated heterocycles. The molecule has 0 spiro atoms. The molecule has 0 aliphatic carbocycles. The summed E-state index contributed by atoms with van der Waals surface area (Å²) in [5.74, 6) is 0.131. The van der Waals surface area contributed by atoms with Crippen molar-refractivity contribution in [2.24, 2.45) is 0 Å². The van der Waals surface area contributed by atoms with E-state index in [0.717, 1.165) is 5.56 Å². The molecule has 7 heteroatoms. The first-order valence-electron chi connectivity index (χ1n) is 7.22. The van der Waals surface area contributed by atoms with Crippen LogP contribution in [0.25, 0.3) is 22.4 Å². The second-order valence-electron chi connectivity index (χ2n) is 5.18. The molecule has 0 amide bonds. The standard InChI is InChI=1S/C17H15ClN2O4/c1-10(17(21)22)24-20-15-9-12(18)5-8-14(15)19-16(20)11-3-6-13(23-2)7-4-11/h3-10H,1-2H3,(H,21,22). The zero-order valence-electron chi connectivity index (χ0n) is 13.1. The van der Waals surface area contributed by atoms with Crippen molar-refractivity contribution in [3.05, 3.63) is 47.5 Å². The Morgan fingerprint density at radius 3 is 2.58 bits per heavy atom. The van der Waals surface area contributed by atoms with E-state index in [2.05, 4.69) is 4.98 Å². The van der Waals surface area contributed by atoms with E-state index in [9.17, 15) is 4.79 Å². The van der Waals surface area contributed by atoms with E-state index in [1.807, 2.05) is 12.1 Å². The van der Waals surface area contributed by atoms with Gasteiger partial charge in [0, 0.05) is 10.6 Å². The van der Waals surface area contributed by atoms with Crippen LogP contribution in [0.4, 0.5) is 0 Å². The number of hydrogen-bond acceptors (Lipinski definition) is 4. The summed E-state index contributed by atoms with van der Waals surface area (Å²) in [7, 11) is 1.59. The molecule has 1 atom stereocenters. The van der Waals surface area contributed by atoms with Gasteiger partial charge in [-0.2, -0.15) is 4.73 Å². The Labute approximate surface area is 143 Å². The van der Waals surface area contributed by atoms with E-state index >= 15 is 0 Å². The number of nitrogens with zero attached hydrogens (tertiary/aromatic N) is 2. The van der Waals surface area contributed by atoms with Gasteiger partial charge in [-0.05, 0) is 49.4 Å². The lowest BCUT2D eigenvalue weighted by Crippen LogP contribution is -2.30. The molecule has 0 aliphatic rings. The molecule has 1 N–H and O–H groups in total. The number of fused-ring (bicyclic) bond motifs is 1. The number of benzene rings is 2. The third kappa shape index (κ3) is 3.00. The van der Waals surface area contributed by atoms with Crippen molar-refractivity contribution in [3.8, 4) is 17.1 Å². The quantitative estimate of drug-likeness (QED) is 0.767. The Morgan fingerprint density at radius 2 is 1.96 bits per heavy atom. The normalized spacial score (nSPS) is 12.1. The topological polar surface area (TPSA) is 73.6 Å². The van der Waals surface area contributed by atoms with Crippen LogP contribution in [0.2, 0.25) is 5.02 Å². The van der Waals surface area contributed by atoms with E-state index in [1.54, 1.807) is 37.4 Å². The smallest absolute Gasteiger partial charge is 0.347 e. The second kappa shape index (κ2) is 6.41. The van der Waals surface area contributed by atoms with Gasteiger partial charge in [0.1, 0.15) is 11.3 Å². The zero-order chi connectivity index (χ0) is 17.3. The molecule has 3 rings (SSSR count). The summed E-state index contributed by atoms with van der Waals surface area (Å²) >= 11 is 6.06. The average molecular weight is 347 g/mol. The minimum atomic E-state index is -1.07. The van der Waals surface area contributed by atoms with Crippen molar-refractivity contribution < 1.29 is 19.5 Å². The van der Waals surface area contributed by atoms with Crippen LogP contribution in [0, 0.1) is 0 Å². The Morgan fingerprint density at radius 1 is 1.25 bits per heavy atom. The summed E-state index contributed by atoms with van der Waals surface area (Å²) < 4.78 is 6.56. The summed E-state index contributed by atoms with van der Waals surface area (Å²) in [5.41, 5.74) is 2.02. The number of aromatic nitrogens is 2. The van der Waals surface area contributed by atoms with Crippen molar-refractivity contribution in [2.45, 2.75) is 13.0 Å². The Kier molecular flexibility index (Phi) is 4.31. The maximum atomic E-state index is 11.2. The number of carbonyl (C=O) groups is 1. The number of hydrogen-bond donors (Lipinski definition) is 1. The van der Waals surface area contributed by atoms with Crippen LogP contribution in [0.15, 0.2) is 42.5 Å². The van der Waals surface area contributed by atoms with Crippen LogP contribution in [0.5, 0.6) is 5.75 Å². The molecule has 1 unspecified atom stereocenters. The van der Waals surface area contributed by atoms with Crippen LogP contribution < -0.4 is 9.57 Å². The van der Waals surface area contributed by atoms with E-state index in [1.165, 1.54) is 11.7 Å². The molecule has 2 aromatic carbocycles. The molecule has 0 fully saturated rings. The van der Waals surface area contributed by atoms with Crippen molar-refractivity contribution in [2.75, 3.05) is 7.11 Å². The van der Waals surface area contributed by atoms with Gasteiger partial charge < -0.3 is 14.7 Å². The monoisotopic (exact) mass is 346 g/mol. The summed E-state index contributed by atoms with van der Waals surface area (Å²) in [5, 5.41) is 9.65. The minimum absolute atomic E-state index is 0.489. The van der Waals surface area contributed by atoms with Crippen LogP contribution >= 0.6 is 11.6 Å². The molecule has 0 aliphatic heterocycles. The lowest BCUT2D eigenvalue weighted by Gasteiger charge is -2.14. The lowest BCUT2D eigenvalue weighted by atomic mass is 10.2. The molecular weight excluding hydrogens is 332 g/mol. The van der Waals surface area contributed by atoms with E-state index in [4.69, 9.17) is 26.3 Å². The largest absolute Gasteiger partial charge is 0.497 e. The number of carboxylic acid groups (broad SMARTS) is 1. The third-order valence-corrected chi connectivity index (χ3v) is 3.77. The van der Waals surface area contributed by atoms with E-state index in [-0.39, 0.29) is 0 Å². The first kappa shape index (κ1) is 16.1. The maximum Gasteiger partial charge on any atom is 0.347 e. The second-order valence-corrected chi connectivity index (χ2v) is 5.61. The van der Waals surface area contributed by atoms with Gasteiger partial charge in [-0.3, -0.25) is 0 Å². The van der Waals surface area contributed by atoms with Gasteiger partial charge in [0.05, 0.1) is 12.6 Å². The first-order valence-corrected chi connectivity index (χ1v) is 7.60. The van der Waals surface area contributed by atoms with Gasteiger partial charge >= 0.3 is 5.97 Å². The Balaban J connectivity index is 2.15. The molecule has 1 aromatic heterocycles. The molecular formula is C17H15ClN2O4. The minimum Gasteiger partial charge on any atom is -0.497 e. The molecule has 3 aromatic rings. The Hall–Kier alpha value is -2.73. The van der Waals surface area contributed by atoms with Crippen molar-refractivity contribution in [1.29, 1.82) is 0 Å². The van der Waals surface area contributed by atoms with Crippen molar-refractivity contribution in [3.63, 3.8) is 0 Å². The molecule has 124 valence electrons. The fraction of sp³-hybridized carbons (Fsp3) is 0.176. The van der Waals surface area contributed by atoms with Crippen LogP contribution in [0.1, 0.15) is 6.92 Å². The molecule has 0 saturated carbocycles. The average Bonchev–Trinajstić information content (AvgIpc) is 2.92. The fourth-order valence-corrected chi connectivity index (χ4v) is 2.43. The highest BCUT2D eigenvalue weighted by Gasteiger charge is 2.20. The molecule has 0 radical (unpaired) electrons. The number of imidazole rings is 1. The molecule has 0 bridgehead atoms. The summed E-state index contributed by atoms with van der Waals surface area (Å²) in [6.45, 7) is 1.45. The summed E-state index contributed by atoms with van der Waals surface area (Å²) in [6.07, 6.45) is -1.04. The number of halogens is 1. The highest BCUT2D eigenvalue weighted by Crippen LogP contribution is 2.27. The predicted molar refractivity (Wildman–Crippen MR) is 90.4 cm³/mol. The number of methoxy groups -OCH3 is 1. The molecule has 6 nitrogen and oxygen atoms in total. The lowest BCUT2D eigenvalue weighted by molar-refractivity contribution is -0.148.